The van der Waals surface area contributed by atoms with Crippen molar-refractivity contribution in [3.8, 4) is 0 Å². The van der Waals surface area contributed by atoms with E-state index in [1.54, 1.807) is 0 Å². The molecule has 4 N–H and O–H groups in total. The molecule has 0 saturated carbocycles. The summed E-state index contributed by atoms with van der Waals surface area (Å²) in [5.74, 6) is 0. The maximum atomic E-state index is 5.24. The molecule has 10 heavy (non-hydrogen) atoms. The van der Waals surface area contributed by atoms with E-state index in [0.717, 1.165) is 6.54 Å². The van der Waals surface area contributed by atoms with Crippen molar-refractivity contribution in [2.45, 2.75) is 27.2 Å². The first-order chi connectivity index (χ1) is 4.76. The molecule has 0 unspecified atom stereocenters. The van der Waals surface area contributed by atoms with Crippen LogP contribution in [0.2, 0.25) is 0 Å². The Balaban J connectivity index is 0. The Morgan fingerprint density at radius 2 is 1.30 bits per heavy atom. The fraction of sp³-hybridized carbons (Fsp3) is 1.00. The first-order valence-electron chi connectivity index (χ1n) is 3.89. The van der Waals surface area contributed by atoms with Gasteiger partial charge < -0.3 is 11.5 Å². The summed E-state index contributed by atoms with van der Waals surface area (Å²) in [6.07, 6.45) is 1.25. The maximum Gasteiger partial charge on any atom is 0.0467 e. The van der Waals surface area contributed by atoms with E-state index in [0.29, 0.717) is 13.3 Å². The maximum absolute atomic E-state index is 5.24. The van der Waals surface area contributed by atoms with Gasteiger partial charge in [-0.1, -0.05) is 27.2 Å². The second-order valence-electron chi connectivity index (χ2n) is 2.06. The van der Waals surface area contributed by atoms with Gasteiger partial charge in [0.05, 0.1) is 0 Å². The normalized spacial score (nSPS) is 9.00. The first-order valence-corrected chi connectivity index (χ1v) is 3.89. The van der Waals surface area contributed by atoms with E-state index in [9.17, 15) is 0 Å². The van der Waals surface area contributed by atoms with Crippen LogP contribution in [0.4, 0.5) is 0 Å². The predicted molar refractivity (Wildman–Crippen MR) is 46.5 cm³/mol. The molecule has 0 aliphatic rings. The number of hydrogen-bond acceptors (Lipinski definition) is 3. The molecule has 64 valence electrons. The van der Waals surface area contributed by atoms with Crippen LogP contribution in [0.3, 0.4) is 0 Å². The molecule has 0 atom stereocenters. The van der Waals surface area contributed by atoms with Gasteiger partial charge in [0, 0.05) is 13.3 Å². The van der Waals surface area contributed by atoms with E-state index in [-0.39, 0.29) is 0 Å². The smallest absolute Gasteiger partial charge is 0.0467 e. The Morgan fingerprint density at radius 3 is 1.30 bits per heavy atom. The molecular weight excluding hydrogens is 126 g/mol. The fourth-order valence-corrected chi connectivity index (χ4v) is 0.333. The van der Waals surface area contributed by atoms with Crippen LogP contribution in [0.1, 0.15) is 27.2 Å². The summed E-state index contributed by atoms with van der Waals surface area (Å²) in [4.78, 5) is 1.93. The summed E-state index contributed by atoms with van der Waals surface area (Å²) in [6, 6.07) is 0. The standard InChI is InChI=1S/C4H13N3.C3H8/c1-2-7(3-5)4-6;1-3-2/h2-6H2,1H3;3H2,1-2H3. The van der Waals surface area contributed by atoms with E-state index in [4.69, 9.17) is 11.5 Å². The quantitative estimate of drug-likeness (QED) is 0.573. The van der Waals surface area contributed by atoms with E-state index in [2.05, 4.69) is 13.8 Å². The molecule has 0 aromatic rings. The lowest BCUT2D eigenvalue weighted by Crippen LogP contribution is -2.34. The van der Waals surface area contributed by atoms with Gasteiger partial charge in [0.15, 0.2) is 0 Å². The fourth-order valence-electron chi connectivity index (χ4n) is 0.333. The van der Waals surface area contributed by atoms with Crippen molar-refractivity contribution in [2.24, 2.45) is 11.5 Å². The van der Waals surface area contributed by atoms with Crippen LogP contribution in [0.15, 0.2) is 0 Å². The van der Waals surface area contributed by atoms with Crippen LogP contribution >= 0.6 is 0 Å². The topological polar surface area (TPSA) is 55.3 Å². The van der Waals surface area contributed by atoms with Crippen molar-refractivity contribution < 1.29 is 0 Å². The molecule has 0 heterocycles. The Bertz CT molecular complexity index is 38.6. The highest BCUT2D eigenvalue weighted by Crippen LogP contribution is 1.73. The molecule has 0 saturated heterocycles. The minimum Gasteiger partial charge on any atom is -0.318 e. The van der Waals surface area contributed by atoms with Crippen molar-refractivity contribution in [1.82, 2.24) is 4.90 Å². The third-order valence-corrected chi connectivity index (χ3v) is 0.964. The van der Waals surface area contributed by atoms with Gasteiger partial charge >= 0.3 is 0 Å². The van der Waals surface area contributed by atoms with Gasteiger partial charge in [0.2, 0.25) is 0 Å². The lowest BCUT2D eigenvalue weighted by atomic mass is 10.6. The average molecular weight is 147 g/mol. The highest BCUT2D eigenvalue weighted by Gasteiger charge is 1.89. The van der Waals surface area contributed by atoms with Crippen molar-refractivity contribution >= 4 is 0 Å². The summed E-state index contributed by atoms with van der Waals surface area (Å²) < 4.78 is 0. The van der Waals surface area contributed by atoms with Crippen molar-refractivity contribution in [3.63, 3.8) is 0 Å². The first kappa shape index (κ1) is 12.5. The van der Waals surface area contributed by atoms with Gasteiger partial charge in [-0.25, -0.2) is 0 Å². The molecule has 0 spiro atoms. The van der Waals surface area contributed by atoms with E-state index in [1.165, 1.54) is 6.42 Å². The zero-order valence-corrected chi connectivity index (χ0v) is 7.43. The summed E-state index contributed by atoms with van der Waals surface area (Å²) in [7, 11) is 0. The molecule has 0 aliphatic carbocycles. The predicted octanol–water partition coefficient (Wildman–Crippen LogP) is 0.557. The molecule has 0 aromatic carbocycles. The summed E-state index contributed by atoms with van der Waals surface area (Å²) >= 11 is 0. The van der Waals surface area contributed by atoms with Gasteiger partial charge in [-0.05, 0) is 6.54 Å². The molecular formula is C7H21N3. The van der Waals surface area contributed by atoms with Gasteiger partial charge in [0.1, 0.15) is 0 Å². The summed E-state index contributed by atoms with van der Waals surface area (Å²) in [5, 5.41) is 0. The lowest BCUT2D eigenvalue weighted by Gasteiger charge is -2.12. The van der Waals surface area contributed by atoms with Crippen LogP contribution in [-0.2, 0) is 0 Å². The minimum absolute atomic E-state index is 0.562. The SMILES string of the molecule is CCC.CCN(CN)CN. The average Bonchev–Trinajstić information content (AvgIpc) is 1.93. The zero-order chi connectivity index (χ0) is 8.41. The molecule has 0 radical (unpaired) electrons. The largest absolute Gasteiger partial charge is 0.318 e. The monoisotopic (exact) mass is 147 g/mol. The Labute approximate surface area is 64.4 Å². The second-order valence-corrected chi connectivity index (χ2v) is 2.06. The van der Waals surface area contributed by atoms with Crippen LogP contribution in [0, 0.1) is 0 Å². The highest BCUT2D eigenvalue weighted by atomic mass is 15.2. The van der Waals surface area contributed by atoms with Crippen molar-refractivity contribution in [2.75, 3.05) is 19.9 Å². The molecule has 3 heteroatoms. The molecule has 0 fully saturated rings. The van der Waals surface area contributed by atoms with Crippen LogP contribution < -0.4 is 11.5 Å². The number of nitrogens with two attached hydrogens (primary N) is 2. The second kappa shape index (κ2) is 11.6. The Morgan fingerprint density at radius 1 is 1.00 bits per heavy atom. The zero-order valence-electron chi connectivity index (χ0n) is 7.43. The molecule has 0 rings (SSSR count). The van der Waals surface area contributed by atoms with Gasteiger partial charge in [0.25, 0.3) is 0 Å². The van der Waals surface area contributed by atoms with E-state index in [1.807, 2.05) is 11.8 Å². The molecule has 0 bridgehead atoms. The Hall–Kier alpha value is -0.120. The molecule has 0 aromatic heterocycles. The van der Waals surface area contributed by atoms with E-state index < -0.39 is 0 Å². The third kappa shape index (κ3) is 10.8. The van der Waals surface area contributed by atoms with Crippen molar-refractivity contribution in [3.05, 3.63) is 0 Å². The third-order valence-electron chi connectivity index (χ3n) is 0.964. The summed E-state index contributed by atoms with van der Waals surface area (Å²) in [5.41, 5.74) is 10.5. The van der Waals surface area contributed by atoms with E-state index >= 15 is 0 Å². The van der Waals surface area contributed by atoms with Crippen molar-refractivity contribution in [1.29, 1.82) is 0 Å². The number of hydrogen-bond donors (Lipinski definition) is 2. The van der Waals surface area contributed by atoms with Crippen LogP contribution in [-0.4, -0.2) is 24.8 Å². The number of nitrogens with zero attached hydrogens (tertiary/aromatic N) is 1. The van der Waals surface area contributed by atoms with Crippen LogP contribution in [0.5, 0.6) is 0 Å². The number of rotatable bonds is 3. The Kier molecular flexibility index (Phi) is 14.6. The minimum atomic E-state index is 0.562. The van der Waals surface area contributed by atoms with Gasteiger partial charge in [-0.3, -0.25) is 4.90 Å². The lowest BCUT2D eigenvalue weighted by molar-refractivity contribution is 0.306. The molecule has 3 nitrogen and oxygen atoms in total. The molecule has 0 aliphatic heterocycles. The highest BCUT2D eigenvalue weighted by molar-refractivity contribution is 4.41. The van der Waals surface area contributed by atoms with Crippen LogP contribution in [0.25, 0.3) is 0 Å². The van der Waals surface area contributed by atoms with Gasteiger partial charge in [-0.2, -0.15) is 0 Å². The van der Waals surface area contributed by atoms with Gasteiger partial charge in [-0.15, -0.1) is 0 Å². The molecule has 0 amide bonds. The summed E-state index contributed by atoms with van der Waals surface area (Å²) in [6.45, 7) is 8.34.